The monoisotopic (exact) mass is 527 g/mol. The lowest BCUT2D eigenvalue weighted by molar-refractivity contribution is -0.0165. The summed E-state index contributed by atoms with van der Waals surface area (Å²) in [6, 6.07) is 18.3. The zero-order valence-electron chi connectivity index (χ0n) is 21.7. The van der Waals surface area contributed by atoms with E-state index in [1.165, 1.54) is 4.68 Å². The molecule has 0 spiro atoms. The molecule has 0 unspecified atom stereocenters. The standard InChI is InChI=1S/C29H29N5O5/c1-19-2-5-25-24(12-19)30-31-34(25)29(35)33-10-8-32(9-11-33)28(20-3-6-26-22(13-20)15-36-17-38-26)21-4-7-27-23(14-21)16-37-18-39-27/h2-7,12-14,28H,8-11,15-18H2,1H3. The highest BCUT2D eigenvalue weighted by Crippen LogP contribution is 2.36. The first kappa shape index (κ1) is 24.1. The number of carbonyl (C=O) groups is 1. The van der Waals surface area contributed by atoms with Crippen LogP contribution in [0.25, 0.3) is 11.0 Å². The molecule has 200 valence electrons. The molecule has 7 rings (SSSR count). The third-order valence-electron chi connectivity index (χ3n) is 7.64. The van der Waals surface area contributed by atoms with Crippen molar-refractivity contribution in [2.45, 2.75) is 26.2 Å². The van der Waals surface area contributed by atoms with Crippen molar-refractivity contribution < 1.29 is 23.7 Å². The summed E-state index contributed by atoms with van der Waals surface area (Å²) in [6.45, 7) is 6.17. The van der Waals surface area contributed by atoms with Gasteiger partial charge >= 0.3 is 6.03 Å². The minimum atomic E-state index is -0.149. The number of piperazine rings is 1. The Labute approximate surface area is 225 Å². The van der Waals surface area contributed by atoms with Crippen LogP contribution in [0.1, 0.15) is 33.9 Å². The van der Waals surface area contributed by atoms with Crippen molar-refractivity contribution in [1.29, 1.82) is 0 Å². The Hall–Kier alpha value is -3.99. The molecular weight excluding hydrogens is 498 g/mol. The molecule has 3 aliphatic rings. The van der Waals surface area contributed by atoms with Crippen LogP contribution in [0, 0.1) is 6.92 Å². The maximum atomic E-state index is 13.4. The van der Waals surface area contributed by atoms with Gasteiger partial charge in [-0.05, 0) is 60.0 Å². The van der Waals surface area contributed by atoms with Crippen molar-refractivity contribution in [3.63, 3.8) is 0 Å². The zero-order chi connectivity index (χ0) is 26.3. The Kier molecular flexibility index (Phi) is 6.15. The molecule has 39 heavy (non-hydrogen) atoms. The molecule has 1 fully saturated rings. The molecule has 0 radical (unpaired) electrons. The van der Waals surface area contributed by atoms with Gasteiger partial charge in [0, 0.05) is 37.3 Å². The van der Waals surface area contributed by atoms with Gasteiger partial charge in [0.2, 0.25) is 0 Å². The minimum Gasteiger partial charge on any atom is -0.467 e. The number of ether oxygens (including phenoxy) is 4. The average Bonchev–Trinajstić information content (AvgIpc) is 3.40. The van der Waals surface area contributed by atoms with Crippen molar-refractivity contribution in [2.75, 3.05) is 39.8 Å². The quantitative estimate of drug-likeness (QED) is 0.397. The Bertz CT molecular complexity index is 1490. The molecular formula is C29H29N5O5. The van der Waals surface area contributed by atoms with Crippen LogP contribution < -0.4 is 9.47 Å². The largest absolute Gasteiger partial charge is 0.467 e. The zero-order valence-corrected chi connectivity index (χ0v) is 21.7. The number of carbonyl (C=O) groups excluding carboxylic acids is 1. The molecule has 1 aromatic heterocycles. The maximum absolute atomic E-state index is 13.4. The van der Waals surface area contributed by atoms with Crippen LogP contribution >= 0.6 is 0 Å². The first-order valence-electron chi connectivity index (χ1n) is 13.2. The molecule has 4 heterocycles. The fraction of sp³-hybridized carbons (Fsp3) is 0.345. The lowest BCUT2D eigenvalue weighted by Crippen LogP contribution is -2.51. The van der Waals surface area contributed by atoms with Crippen molar-refractivity contribution >= 4 is 17.1 Å². The fourth-order valence-corrected chi connectivity index (χ4v) is 5.65. The summed E-state index contributed by atoms with van der Waals surface area (Å²) in [6.07, 6.45) is 0. The molecule has 10 nitrogen and oxygen atoms in total. The van der Waals surface area contributed by atoms with Gasteiger partial charge in [-0.1, -0.05) is 23.4 Å². The molecule has 0 aliphatic carbocycles. The van der Waals surface area contributed by atoms with Crippen LogP contribution in [0.2, 0.25) is 0 Å². The van der Waals surface area contributed by atoms with E-state index >= 15 is 0 Å². The molecule has 4 aromatic rings. The van der Waals surface area contributed by atoms with E-state index in [-0.39, 0.29) is 25.7 Å². The maximum Gasteiger partial charge on any atom is 0.346 e. The highest BCUT2D eigenvalue weighted by molar-refractivity contribution is 5.88. The number of aromatic nitrogens is 3. The molecule has 3 aliphatic heterocycles. The molecule has 0 saturated carbocycles. The second-order valence-corrected chi connectivity index (χ2v) is 10.2. The SMILES string of the molecule is Cc1ccc2c(c1)nnn2C(=O)N1CCN(C(c2ccc3c(c2)COCO3)c2ccc3c(c2)COCO3)CC1. The third-order valence-corrected chi connectivity index (χ3v) is 7.64. The van der Waals surface area contributed by atoms with Gasteiger partial charge in [-0.15, -0.1) is 5.10 Å². The van der Waals surface area contributed by atoms with Crippen LogP contribution in [0.4, 0.5) is 4.79 Å². The van der Waals surface area contributed by atoms with E-state index in [1.54, 1.807) is 0 Å². The molecule has 1 amide bonds. The minimum absolute atomic E-state index is 0.0168. The summed E-state index contributed by atoms with van der Waals surface area (Å²) in [5, 5.41) is 8.36. The summed E-state index contributed by atoms with van der Waals surface area (Å²) < 4.78 is 23.8. The van der Waals surface area contributed by atoms with E-state index in [0.29, 0.717) is 39.4 Å². The van der Waals surface area contributed by atoms with Gasteiger partial charge in [0.15, 0.2) is 13.6 Å². The van der Waals surface area contributed by atoms with Crippen molar-refractivity contribution in [3.05, 3.63) is 82.4 Å². The van der Waals surface area contributed by atoms with Gasteiger partial charge in [-0.2, -0.15) is 4.68 Å². The van der Waals surface area contributed by atoms with Crippen LogP contribution in [0.3, 0.4) is 0 Å². The molecule has 0 bridgehead atoms. The first-order chi connectivity index (χ1) is 19.1. The molecule has 0 atom stereocenters. The van der Waals surface area contributed by atoms with Crippen molar-refractivity contribution in [1.82, 2.24) is 24.8 Å². The normalized spacial score (nSPS) is 17.4. The number of nitrogens with zero attached hydrogens (tertiary/aromatic N) is 5. The highest BCUT2D eigenvalue weighted by atomic mass is 16.7. The van der Waals surface area contributed by atoms with E-state index in [4.69, 9.17) is 18.9 Å². The molecule has 0 N–H and O–H groups in total. The highest BCUT2D eigenvalue weighted by Gasteiger charge is 2.31. The van der Waals surface area contributed by atoms with E-state index in [2.05, 4.69) is 39.5 Å². The van der Waals surface area contributed by atoms with Gasteiger partial charge in [0.25, 0.3) is 0 Å². The number of fused-ring (bicyclic) bond motifs is 3. The van der Waals surface area contributed by atoms with Crippen LogP contribution in [-0.2, 0) is 22.7 Å². The van der Waals surface area contributed by atoms with Crippen molar-refractivity contribution in [2.24, 2.45) is 0 Å². The molecule has 10 heteroatoms. The van der Waals surface area contributed by atoms with Crippen LogP contribution in [0.5, 0.6) is 11.5 Å². The van der Waals surface area contributed by atoms with Gasteiger partial charge in [0.1, 0.15) is 17.0 Å². The second kappa shape index (κ2) is 9.96. The summed E-state index contributed by atoms with van der Waals surface area (Å²) >= 11 is 0. The summed E-state index contributed by atoms with van der Waals surface area (Å²) in [7, 11) is 0. The third kappa shape index (κ3) is 4.50. The van der Waals surface area contributed by atoms with Gasteiger partial charge in [0.05, 0.1) is 24.8 Å². The van der Waals surface area contributed by atoms with E-state index in [9.17, 15) is 4.79 Å². The van der Waals surface area contributed by atoms with E-state index in [1.807, 2.05) is 42.2 Å². The molecule has 3 aromatic carbocycles. The van der Waals surface area contributed by atoms with E-state index < -0.39 is 0 Å². The lowest BCUT2D eigenvalue weighted by Gasteiger charge is -2.40. The number of aryl methyl sites for hydroxylation is 1. The Morgan fingerprint density at radius 1 is 0.821 bits per heavy atom. The summed E-state index contributed by atoms with van der Waals surface area (Å²) in [5.41, 5.74) is 6.91. The predicted octanol–water partition coefficient (Wildman–Crippen LogP) is 3.85. The summed E-state index contributed by atoms with van der Waals surface area (Å²) in [5.74, 6) is 1.73. The topological polar surface area (TPSA) is 91.2 Å². The van der Waals surface area contributed by atoms with Crippen LogP contribution in [-0.4, -0.2) is 70.6 Å². The Morgan fingerprint density at radius 2 is 1.46 bits per heavy atom. The van der Waals surface area contributed by atoms with Gasteiger partial charge in [-0.3, -0.25) is 4.90 Å². The average molecular weight is 528 g/mol. The van der Waals surface area contributed by atoms with Gasteiger partial charge in [-0.25, -0.2) is 4.79 Å². The van der Waals surface area contributed by atoms with E-state index in [0.717, 1.165) is 50.3 Å². The second-order valence-electron chi connectivity index (χ2n) is 10.2. The fourth-order valence-electron chi connectivity index (χ4n) is 5.65. The summed E-state index contributed by atoms with van der Waals surface area (Å²) in [4.78, 5) is 17.7. The number of hydrogen-bond acceptors (Lipinski definition) is 8. The van der Waals surface area contributed by atoms with Crippen molar-refractivity contribution in [3.8, 4) is 11.5 Å². The predicted molar refractivity (Wildman–Crippen MR) is 141 cm³/mol. The smallest absolute Gasteiger partial charge is 0.346 e. The first-order valence-corrected chi connectivity index (χ1v) is 13.2. The van der Waals surface area contributed by atoms with Gasteiger partial charge < -0.3 is 23.8 Å². The lowest BCUT2D eigenvalue weighted by atomic mass is 9.93. The van der Waals surface area contributed by atoms with Crippen LogP contribution in [0.15, 0.2) is 54.6 Å². The number of rotatable bonds is 3. The Balaban J connectivity index is 1.16. The molecule has 1 saturated heterocycles. The number of benzene rings is 3. The number of amides is 1. The Morgan fingerprint density at radius 3 is 2.10 bits per heavy atom. The number of hydrogen-bond donors (Lipinski definition) is 0.